The summed E-state index contributed by atoms with van der Waals surface area (Å²) in [4.78, 5) is 4.14. The monoisotopic (exact) mass is 203 g/mol. The highest BCUT2D eigenvalue weighted by molar-refractivity contribution is 7.99. The van der Waals surface area contributed by atoms with E-state index in [1.807, 2.05) is 19.1 Å². The lowest BCUT2D eigenvalue weighted by molar-refractivity contribution is 0.454. The third kappa shape index (κ3) is 3.32. The highest BCUT2D eigenvalue weighted by Gasteiger charge is 1.97. The van der Waals surface area contributed by atoms with Crippen LogP contribution in [-0.2, 0) is 0 Å². The molecule has 0 aliphatic rings. The Morgan fingerprint density at radius 2 is 2.50 bits per heavy atom. The van der Waals surface area contributed by atoms with Crippen molar-refractivity contribution < 1.29 is 4.42 Å². The number of rotatable bonds is 4. The minimum atomic E-state index is 0.561. The summed E-state index contributed by atoms with van der Waals surface area (Å²) < 4.78 is 5.13. The zero-order valence-corrected chi connectivity index (χ0v) is 8.36. The van der Waals surface area contributed by atoms with Crippen molar-refractivity contribution in [2.24, 2.45) is 0 Å². The van der Waals surface area contributed by atoms with Gasteiger partial charge in [0, 0.05) is 11.6 Å². The summed E-state index contributed by atoms with van der Waals surface area (Å²) in [5.41, 5.74) is 0.916. The number of allylic oxidation sites excluding steroid dienone is 1. The van der Waals surface area contributed by atoms with E-state index < -0.39 is 0 Å². The second-order valence-electron chi connectivity index (χ2n) is 2.19. The van der Waals surface area contributed by atoms with Crippen LogP contribution in [0.5, 0.6) is 0 Å². The normalized spacial score (nSPS) is 11.2. The number of halogens is 1. The van der Waals surface area contributed by atoms with Crippen molar-refractivity contribution in [3.63, 3.8) is 0 Å². The first-order valence-electron chi connectivity index (χ1n) is 3.59. The molecular formula is C8H10ClNOS. The molecule has 0 saturated carbocycles. The van der Waals surface area contributed by atoms with Gasteiger partial charge in [0.15, 0.2) is 0 Å². The number of nitrogens with zero attached hydrogens (tertiary/aromatic N) is 1. The number of thioether (sulfide) groups is 1. The Balaban J connectivity index is 2.28. The molecule has 0 amide bonds. The molecule has 0 atom stereocenters. The van der Waals surface area contributed by atoms with Crippen LogP contribution in [0.2, 0.25) is 0 Å². The molecule has 0 saturated heterocycles. The fourth-order valence-electron chi connectivity index (χ4n) is 0.649. The predicted molar refractivity (Wildman–Crippen MR) is 51.8 cm³/mol. The largest absolute Gasteiger partial charge is 0.440 e. The highest BCUT2D eigenvalue weighted by atomic mass is 35.5. The van der Waals surface area contributed by atoms with Crippen LogP contribution >= 0.6 is 23.4 Å². The molecule has 0 aromatic carbocycles. The predicted octanol–water partition coefficient (Wildman–Crippen LogP) is 2.87. The van der Waals surface area contributed by atoms with Gasteiger partial charge in [-0.2, -0.15) is 0 Å². The average molecular weight is 204 g/mol. The van der Waals surface area contributed by atoms with Crippen molar-refractivity contribution in [1.29, 1.82) is 0 Å². The summed E-state index contributed by atoms with van der Waals surface area (Å²) in [7, 11) is 0. The lowest BCUT2D eigenvalue weighted by Gasteiger charge is -1.87. The molecule has 66 valence electrons. The van der Waals surface area contributed by atoms with Crippen molar-refractivity contribution in [3.05, 3.63) is 24.1 Å². The van der Waals surface area contributed by atoms with Crippen LogP contribution in [0, 0.1) is 6.92 Å². The molecule has 1 heterocycles. The van der Waals surface area contributed by atoms with Gasteiger partial charge in [-0.15, -0.1) is 11.6 Å². The van der Waals surface area contributed by atoms with Gasteiger partial charge in [0.2, 0.25) is 0 Å². The van der Waals surface area contributed by atoms with Crippen LogP contribution in [-0.4, -0.2) is 16.6 Å². The fourth-order valence-corrected chi connectivity index (χ4v) is 1.47. The van der Waals surface area contributed by atoms with Crippen molar-refractivity contribution in [1.82, 2.24) is 4.98 Å². The van der Waals surface area contributed by atoms with E-state index in [2.05, 4.69) is 4.98 Å². The van der Waals surface area contributed by atoms with Crippen molar-refractivity contribution in [3.8, 4) is 0 Å². The van der Waals surface area contributed by atoms with Gasteiger partial charge in [-0.25, -0.2) is 4.98 Å². The Labute approximate surface area is 81.0 Å². The molecule has 1 rings (SSSR count). The Kier molecular flexibility index (Phi) is 4.25. The summed E-state index contributed by atoms with van der Waals surface area (Å²) >= 11 is 7.01. The summed E-state index contributed by atoms with van der Waals surface area (Å²) in [6, 6.07) is 0. The maximum absolute atomic E-state index is 5.45. The molecule has 0 bridgehead atoms. The molecule has 0 radical (unpaired) electrons. The van der Waals surface area contributed by atoms with E-state index in [1.165, 1.54) is 0 Å². The first-order valence-corrected chi connectivity index (χ1v) is 5.11. The first-order chi connectivity index (χ1) is 5.83. The molecular weight excluding hydrogens is 194 g/mol. The van der Waals surface area contributed by atoms with Crippen LogP contribution in [0.4, 0.5) is 0 Å². The molecule has 4 heteroatoms. The van der Waals surface area contributed by atoms with Gasteiger partial charge in [0.1, 0.15) is 6.26 Å². The van der Waals surface area contributed by atoms with Gasteiger partial charge in [0.05, 0.1) is 5.69 Å². The second-order valence-corrected chi connectivity index (χ2v) is 3.47. The minimum Gasteiger partial charge on any atom is -0.440 e. The summed E-state index contributed by atoms with van der Waals surface area (Å²) in [6.07, 6.45) is 5.55. The van der Waals surface area contributed by atoms with E-state index in [-0.39, 0.29) is 0 Å². The van der Waals surface area contributed by atoms with Gasteiger partial charge in [-0.1, -0.05) is 23.9 Å². The van der Waals surface area contributed by atoms with Crippen LogP contribution in [0.1, 0.15) is 5.69 Å². The molecule has 0 aliphatic carbocycles. The molecule has 0 unspecified atom stereocenters. The fraction of sp³-hybridized carbons (Fsp3) is 0.375. The number of aryl methyl sites for hydroxylation is 1. The summed E-state index contributed by atoms with van der Waals surface area (Å²) in [5, 5.41) is 0.715. The second kappa shape index (κ2) is 5.27. The van der Waals surface area contributed by atoms with Crippen LogP contribution in [0.15, 0.2) is 28.1 Å². The summed E-state index contributed by atoms with van der Waals surface area (Å²) in [6.45, 7) is 1.90. The molecule has 12 heavy (non-hydrogen) atoms. The number of aromatic nitrogens is 1. The topological polar surface area (TPSA) is 26.0 Å². The molecule has 0 fully saturated rings. The van der Waals surface area contributed by atoms with Gasteiger partial charge >= 0.3 is 0 Å². The maximum atomic E-state index is 5.45. The van der Waals surface area contributed by atoms with E-state index in [9.17, 15) is 0 Å². The molecule has 0 N–H and O–H groups in total. The molecule has 0 spiro atoms. The lowest BCUT2D eigenvalue weighted by Crippen LogP contribution is -1.74. The standard InChI is InChI=1S/C8H10ClNOS/c1-7-6-11-8(10-7)12-5-3-2-4-9/h2-3,6H,4-5H2,1H3/b3-2+. The number of hydrogen-bond donors (Lipinski definition) is 0. The third-order valence-corrected chi connectivity index (χ3v) is 2.13. The Morgan fingerprint density at radius 3 is 3.08 bits per heavy atom. The van der Waals surface area contributed by atoms with Gasteiger partial charge in [-0.05, 0) is 6.92 Å². The zero-order chi connectivity index (χ0) is 8.81. The van der Waals surface area contributed by atoms with Gasteiger partial charge in [-0.3, -0.25) is 0 Å². The average Bonchev–Trinajstić information content (AvgIpc) is 2.45. The van der Waals surface area contributed by atoms with Crippen LogP contribution < -0.4 is 0 Å². The van der Waals surface area contributed by atoms with Gasteiger partial charge in [0.25, 0.3) is 5.22 Å². The number of alkyl halides is 1. The smallest absolute Gasteiger partial charge is 0.256 e. The molecule has 0 aliphatic heterocycles. The van der Waals surface area contributed by atoms with E-state index in [0.29, 0.717) is 11.1 Å². The van der Waals surface area contributed by atoms with Crippen molar-refractivity contribution >= 4 is 23.4 Å². The quantitative estimate of drug-likeness (QED) is 0.428. The number of hydrogen-bond acceptors (Lipinski definition) is 3. The van der Waals surface area contributed by atoms with Crippen molar-refractivity contribution in [2.45, 2.75) is 12.1 Å². The lowest BCUT2D eigenvalue weighted by atomic mass is 10.6. The molecule has 1 aromatic heterocycles. The maximum Gasteiger partial charge on any atom is 0.256 e. The minimum absolute atomic E-state index is 0.561. The number of oxazole rings is 1. The molecule has 2 nitrogen and oxygen atoms in total. The highest BCUT2D eigenvalue weighted by Crippen LogP contribution is 2.16. The SMILES string of the molecule is Cc1coc(SC/C=C/CCl)n1. The van der Waals surface area contributed by atoms with E-state index in [0.717, 1.165) is 11.4 Å². The van der Waals surface area contributed by atoms with Crippen LogP contribution in [0.25, 0.3) is 0 Å². The van der Waals surface area contributed by atoms with Crippen molar-refractivity contribution in [2.75, 3.05) is 11.6 Å². The molecule has 1 aromatic rings. The first kappa shape index (κ1) is 9.68. The summed E-state index contributed by atoms with van der Waals surface area (Å²) in [5.74, 6) is 1.41. The van der Waals surface area contributed by atoms with E-state index >= 15 is 0 Å². The van der Waals surface area contributed by atoms with Crippen LogP contribution in [0.3, 0.4) is 0 Å². The third-order valence-electron chi connectivity index (χ3n) is 1.16. The van der Waals surface area contributed by atoms with E-state index in [4.69, 9.17) is 16.0 Å². The Morgan fingerprint density at radius 1 is 1.67 bits per heavy atom. The Bertz CT molecular complexity index is 259. The van der Waals surface area contributed by atoms with E-state index in [1.54, 1.807) is 18.0 Å². The zero-order valence-electron chi connectivity index (χ0n) is 6.79. The van der Waals surface area contributed by atoms with Gasteiger partial charge < -0.3 is 4.42 Å². The Hall–Kier alpha value is -0.410.